The van der Waals surface area contributed by atoms with Crippen molar-refractivity contribution in [3.8, 4) is 17.9 Å². The summed E-state index contributed by atoms with van der Waals surface area (Å²) in [4.78, 5) is 14.5. The maximum Gasteiger partial charge on any atom is 0.185 e. The third-order valence-corrected chi connectivity index (χ3v) is 2.48. The van der Waals surface area contributed by atoms with Crippen molar-refractivity contribution < 1.29 is 4.79 Å². The quantitative estimate of drug-likeness (QED) is 0.576. The van der Waals surface area contributed by atoms with Gasteiger partial charge < -0.3 is 0 Å². The molecule has 80 valence electrons. The number of nitrogens with zero attached hydrogens (tertiary/aromatic N) is 2. The van der Waals surface area contributed by atoms with Crippen molar-refractivity contribution in [2.24, 2.45) is 0 Å². The molecule has 3 nitrogen and oxygen atoms in total. The Morgan fingerprint density at radius 2 is 2.44 bits per heavy atom. The molecule has 0 unspecified atom stereocenters. The van der Waals surface area contributed by atoms with Gasteiger partial charge in [-0.3, -0.25) is 4.79 Å². The van der Waals surface area contributed by atoms with Crippen molar-refractivity contribution >= 4 is 16.9 Å². The summed E-state index contributed by atoms with van der Waals surface area (Å²) in [7, 11) is 0. The van der Waals surface area contributed by atoms with E-state index in [2.05, 4.69) is 16.8 Å². The molecule has 0 atom stereocenters. The van der Waals surface area contributed by atoms with Crippen LogP contribution in [0.5, 0.6) is 0 Å². The number of hydrogen-bond acceptors (Lipinski definition) is 4. The molecular weight excluding hydrogens is 220 g/mol. The maximum atomic E-state index is 10.6. The van der Waals surface area contributed by atoms with Crippen LogP contribution < -0.4 is 0 Å². The van der Waals surface area contributed by atoms with E-state index in [1.54, 1.807) is 18.3 Å². The van der Waals surface area contributed by atoms with Gasteiger partial charge in [-0.15, -0.1) is 0 Å². The average Bonchev–Trinajstić information content (AvgIpc) is 2.29. The highest BCUT2D eigenvalue weighted by atomic mass is 32.2. The molecule has 0 aromatic carbocycles. The number of carbonyl (C=O) groups excluding carboxylic acids is 1. The van der Waals surface area contributed by atoms with Gasteiger partial charge in [-0.2, -0.15) is 5.26 Å². The number of aromatic nitrogens is 1. The Morgan fingerprint density at radius 3 is 3.12 bits per heavy atom. The van der Waals surface area contributed by atoms with Crippen LogP contribution in [0.25, 0.3) is 0 Å². The summed E-state index contributed by atoms with van der Waals surface area (Å²) in [5.74, 6) is 6.48. The SMILES string of the molecule is CC(=O)SCCC#Cc1cccnc1C#N. The monoisotopic (exact) mass is 230 g/mol. The second-order valence-corrected chi connectivity index (χ2v) is 4.18. The van der Waals surface area contributed by atoms with Crippen LogP contribution in [0.15, 0.2) is 18.3 Å². The summed E-state index contributed by atoms with van der Waals surface area (Å²) < 4.78 is 0. The fraction of sp³-hybridized carbons (Fsp3) is 0.250. The molecule has 0 aliphatic heterocycles. The predicted octanol–water partition coefficient (Wildman–Crippen LogP) is 1.97. The van der Waals surface area contributed by atoms with Gasteiger partial charge in [-0.25, -0.2) is 4.98 Å². The highest BCUT2D eigenvalue weighted by Crippen LogP contribution is 2.04. The molecule has 0 N–H and O–H groups in total. The van der Waals surface area contributed by atoms with Gasteiger partial charge in [0.05, 0.1) is 5.56 Å². The average molecular weight is 230 g/mol. The molecule has 0 spiro atoms. The van der Waals surface area contributed by atoms with E-state index >= 15 is 0 Å². The molecule has 1 heterocycles. The van der Waals surface area contributed by atoms with Crippen LogP contribution in [0.2, 0.25) is 0 Å². The van der Waals surface area contributed by atoms with Crippen molar-refractivity contribution in [2.75, 3.05) is 5.75 Å². The maximum absolute atomic E-state index is 10.6. The molecule has 0 saturated heterocycles. The lowest BCUT2D eigenvalue weighted by Gasteiger charge is -1.92. The Balaban J connectivity index is 2.57. The Bertz CT molecular complexity index is 480. The fourth-order valence-electron chi connectivity index (χ4n) is 0.999. The first kappa shape index (κ1) is 12.3. The number of pyridine rings is 1. The van der Waals surface area contributed by atoms with Gasteiger partial charge in [0.15, 0.2) is 10.8 Å². The molecule has 0 aliphatic carbocycles. The second kappa shape index (κ2) is 6.66. The summed E-state index contributed by atoms with van der Waals surface area (Å²) in [6.45, 7) is 1.53. The fourth-order valence-corrected chi connectivity index (χ4v) is 1.49. The van der Waals surface area contributed by atoms with Gasteiger partial charge in [-0.1, -0.05) is 23.6 Å². The summed E-state index contributed by atoms with van der Waals surface area (Å²) in [6.07, 6.45) is 2.19. The molecule has 1 aromatic rings. The van der Waals surface area contributed by atoms with Crippen LogP contribution in [-0.4, -0.2) is 15.9 Å². The Kier molecular flexibility index (Phi) is 5.11. The number of thioether (sulfide) groups is 1. The first-order chi connectivity index (χ1) is 7.74. The normalized spacial score (nSPS) is 8.75. The molecule has 0 bridgehead atoms. The molecule has 0 aliphatic rings. The lowest BCUT2D eigenvalue weighted by molar-refractivity contribution is -0.109. The molecule has 1 aromatic heterocycles. The van der Waals surface area contributed by atoms with E-state index in [0.717, 1.165) is 0 Å². The number of carbonyl (C=O) groups is 1. The molecule has 0 fully saturated rings. The Morgan fingerprint density at radius 1 is 1.62 bits per heavy atom. The minimum atomic E-state index is 0.0980. The van der Waals surface area contributed by atoms with Gasteiger partial charge in [0.25, 0.3) is 0 Å². The van der Waals surface area contributed by atoms with Crippen LogP contribution >= 0.6 is 11.8 Å². The lowest BCUT2D eigenvalue weighted by Crippen LogP contribution is -1.87. The second-order valence-electron chi connectivity index (χ2n) is 2.90. The van der Waals surface area contributed by atoms with Crippen molar-refractivity contribution in [3.05, 3.63) is 29.6 Å². The van der Waals surface area contributed by atoms with E-state index in [0.29, 0.717) is 23.4 Å². The molecule has 0 amide bonds. The smallest absolute Gasteiger partial charge is 0.185 e. The number of nitriles is 1. The highest BCUT2D eigenvalue weighted by molar-refractivity contribution is 8.13. The minimum absolute atomic E-state index is 0.0980. The molecule has 0 saturated carbocycles. The Labute approximate surface area is 98.9 Å². The highest BCUT2D eigenvalue weighted by Gasteiger charge is 1.97. The van der Waals surface area contributed by atoms with E-state index in [9.17, 15) is 4.79 Å². The van der Waals surface area contributed by atoms with Crippen molar-refractivity contribution in [3.63, 3.8) is 0 Å². The summed E-state index contributed by atoms with van der Waals surface area (Å²) >= 11 is 1.25. The van der Waals surface area contributed by atoms with E-state index in [-0.39, 0.29) is 5.12 Å². The zero-order valence-electron chi connectivity index (χ0n) is 8.86. The molecule has 4 heteroatoms. The van der Waals surface area contributed by atoms with Crippen molar-refractivity contribution in [1.29, 1.82) is 5.26 Å². The van der Waals surface area contributed by atoms with Crippen LogP contribution in [0.3, 0.4) is 0 Å². The summed E-state index contributed by atoms with van der Waals surface area (Å²) in [5.41, 5.74) is 0.979. The van der Waals surface area contributed by atoms with Crippen LogP contribution in [0, 0.1) is 23.2 Å². The third kappa shape index (κ3) is 4.16. The van der Waals surface area contributed by atoms with E-state index in [4.69, 9.17) is 5.26 Å². The van der Waals surface area contributed by atoms with E-state index < -0.39 is 0 Å². The van der Waals surface area contributed by atoms with Gasteiger partial charge in [-0.05, 0) is 12.1 Å². The lowest BCUT2D eigenvalue weighted by atomic mass is 10.2. The molecular formula is C12H10N2OS. The summed E-state index contributed by atoms with van der Waals surface area (Å²) in [6, 6.07) is 5.49. The zero-order chi connectivity index (χ0) is 11.8. The van der Waals surface area contributed by atoms with E-state index in [1.165, 1.54) is 18.7 Å². The van der Waals surface area contributed by atoms with E-state index in [1.807, 2.05) is 6.07 Å². The van der Waals surface area contributed by atoms with Crippen molar-refractivity contribution in [2.45, 2.75) is 13.3 Å². The standard InChI is InChI=1S/C12H10N2OS/c1-10(15)16-8-3-2-5-11-6-4-7-14-12(11)9-13/h4,6-7H,3,8H2,1H3. The molecule has 0 radical (unpaired) electrons. The number of hydrogen-bond donors (Lipinski definition) is 0. The Hall–Kier alpha value is -1.78. The van der Waals surface area contributed by atoms with Crippen LogP contribution in [0.4, 0.5) is 0 Å². The number of rotatable bonds is 2. The molecule has 1 rings (SSSR count). The third-order valence-electron chi connectivity index (χ3n) is 1.67. The minimum Gasteiger partial charge on any atom is -0.288 e. The van der Waals surface area contributed by atoms with Gasteiger partial charge in [0.2, 0.25) is 0 Å². The predicted molar refractivity (Wildman–Crippen MR) is 63.6 cm³/mol. The van der Waals surface area contributed by atoms with Gasteiger partial charge in [0.1, 0.15) is 6.07 Å². The van der Waals surface area contributed by atoms with Gasteiger partial charge >= 0.3 is 0 Å². The largest absolute Gasteiger partial charge is 0.288 e. The first-order valence-corrected chi connectivity index (χ1v) is 5.70. The van der Waals surface area contributed by atoms with Crippen molar-refractivity contribution in [1.82, 2.24) is 4.98 Å². The first-order valence-electron chi connectivity index (χ1n) is 4.71. The summed E-state index contributed by atoms with van der Waals surface area (Å²) in [5, 5.41) is 8.86. The van der Waals surface area contributed by atoms with Gasteiger partial charge in [0, 0.05) is 25.3 Å². The molecule has 16 heavy (non-hydrogen) atoms. The van der Waals surface area contributed by atoms with Crippen LogP contribution in [-0.2, 0) is 4.79 Å². The topological polar surface area (TPSA) is 53.8 Å². The zero-order valence-corrected chi connectivity index (χ0v) is 9.67. The van der Waals surface area contributed by atoms with Crippen LogP contribution in [0.1, 0.15) is 24.6 Å².